The number of halogens is 2. The molecule has 0 spiro atoms. The summed E-state index contributed by atoms with van der Waals surface area (Å²) in [5, 5.41) is 15.2. The van der Waals surface area contributed by atoms with Crippen molar-refractivity contribution in [3.05, 3.63) is 58.5 Å². The van der Waals surface area contributed by atoms with E-state index in [0.29, 0.717) is 58.9 Å². The molecule has 3 aromatic rings. The fraction of sp³-hybridized carbons (Fsp3) is 0.318. The van der Waals surface area contributed by atoms with Gasteiger partial charge in [0.05, 0.1) is 28.4 Å². The highest BCUT2D eigenvalue weighted by molar-refractivity contribution is 6.33. The van der Waals surface area contributed by atoms with Crippen LogP contribution in [-0.4, -0.2) is 59.1 Å². The van der Waals surface area contributed by atoms with Gasteiger partial charge >= 0.3 is 0 Å². The summed E-state index contributed by atoms with van der Waals surface area (Å²) in [7, 11) is 1.59. The van der Waals surface area contributed by atoms with Crippen molar-refractivity contribution in [2.24, 2.45) is 0 Å². The van der Waals surface area contributed by atoms with Gasteiger partial charge in [0, 0.05) is 48.7 Å². The first-order chi connectivity index (χ1) is 15.4. The molecule has 1 aliphatic rings. The minimum Gasteiger partial charge on any atom is -0.495 e. The zero-order valence-corrected chi connectivity index (χ0v) is 19.3. The molecule has 0 radical (unpaired) electrons. The number of rotatable bonds is 5. The monoisotopic (exact) mass is 476 g/mol. The average molecular weight is 477 g/mol. The van der Waals surface area contributed by atoms with Gasteiger partial charge < -0.3 is 14.5 Å². The molecule has 1 saturated heterocycles. The van der Waals surface area contributed by atoms with E-state index in [0.717, 1.165) is 10.4 Å². The van der Waals surface area contributed by atoms with Crippen LogP contribution in [0.5, 0.6) is 5.75 Å². The van der Waals surface area contributed by atoms with Crippen LogP contribution in [0.1, 0.15) is 5.69 Å². The van der Waals surface area contributed by atoms with Gasteiger partial charge in [0.2, 0.25) is 18.3 Å². The van der Waals surface area contributed by atoms with Crippen LogP contribution in [0.4, 0.5) is 5.69 Å². The number of amides is 1. The third-order valence-electron chi connectivity index (χ3n) is 5.61. The number of pyridine rings is 1. The number of hydrogen-bond acceptors (Lipinski definition) is 5. The van der Waals surface area contributed by atoms with Crippen molar-refractivity contribution in [1.82, 2.24) is 14.7 Å². The van der Waals surface area contributed by atoms with Gasteiger partial charge in [0.15, 0.2) is 0 Å². The SMILES string of the molecule is COc1cc(N2CCN(C(=O)Cn3nc(-c4ccc[n+](O)c4)c(Cl)c3C)CC2)ccc1Cl. The lowest BCUT2D eigenvalue weighted by Crippen LogP contribution is -2.49. The summed E-state index contributed by atoms with van der Waals surface area (Å²) >= 11 is 12.6. The average Bonchev–Trinajstić information content (AvgIpc) is 3.08. The number of carbonyl (C=O) groups is 1. The molecule has 32 heavy (non-hydrogen) atoms. The van der Waals surface area contributed by atoms with Crippen LogP contribution in [0.2, 0.25) is 10.0 Å². The van der Waals surface area contributed by atoms with E-state index in [4.69, 9.17) is 27.9 Å². The summed E-state index contributed by atoms with van der Waals surface area (Å²) in [4.78, 5) is 17.0. The zero-order valence-electron chi connectivity index (χ0n) is 17.8. The molecule has 1 aromatic carbocycles. The summed E-state index contributed by atoms with van der Waals surface area (Å²) in [5.74, 6) is 0.618. The van der Waals surface area contributed by atoms with Crippen molar-refractivity contribution in [3.8, 4) is 17.0 Å². The van der Waals surface area contributed by atoms with E-state index in [9.17, 15) is 10.0 Å². The van der Waals surface area contributed by atoms with E-state index >= 15 is 0 Å². The second-order valence-corrected chi connectivity index (χ2v) is 8.35. The normalized spacial score (nSPS) is 14.0. The number of anilines is 1. The maximum absolute atomic E-state index is 12.9. The second-order valence-electron chi connectivity index (χ2n) is 7.56. The molecule has 1 aliphatic heterocycles. The maximum Gasteiger partial charge on any atom is 0.244 e. The van der Waals surface area contributed by atoms with Crippen LogP contribution in [0.3, 0.4) is 0 Å². The molecule has 0 bridgehead atoms. The zero-order chi connectivity index (χ0) is 22.8. The Hall–Kier alpha value is -2.97. The van der Waals surface area contributed by atoms with E-state index in [2.05, 4.69) is 10.00 Å². The molecule has 10 heteroatoms. The molecule has 1 amide bonds. The molecule has 3 heterocycles. The molecule has 0 unspecified atom stereocenters. The molecular formula is C22H24Cl2N5O3+. The minimum absolute atomic E-state index is 0.0163. The Labute approximate surface area is 196 Å². The Morgan fingerprint density at radius 1 is 1.22 bits per heavy atom. The number of methoxy groups -OCH3 is 1. The summed E-state index contributed by atoms with van der Waals surface area (Å²) in [6, 6.07) is 9.19. The van der Waals surface area contributed by atoms with Gasteiger partial charge in [-0.1, -0.05) is 23.2 Å². The van der Waals surface area contributed by atoms with Crippen molar-refractivity contribution in [3.63, 3.8) is 0 Å². The van der Waals surface area contributed by atoms with E-state index in [1.165, 1.54) is 12.4 Å². The van der Waals surface area contributed by atoms with Crippen molar-refractivity contribution in [2.75, 3.05) is 38.2 Å². The van der Waals surface area contributed by atoms with Gasteiger partial charge in [-0.05, 0) is 25.1 Å². The Kier molecular flexibility index (Phi) is 6.43. The topological polar surface area (TPSA) is 74.7 Å². The maximum atomic E-state index is 12.9. The first-order valence-electron chi connectivity index (χ1n) is 10.2. The number of hydrogen-bond donors (Lipinski definition) is 1. The third-order valence-corrected chi connectivity index (χ3v) is 6.37. The van der Waals surface area contributed by atoms with E-state index in [-0.39, 0.29) is 12.5 Å². The Morgan fingerprint density at radius 2 is 1.97 bits per heavy atom. The predicted octanol–water partition coefficient (Wildman–Crippen LogP) is 3.05. The lowest BCUT2D eigenvalue weighted by atomic mass is 10.2. The summed E-state index contributed by atoms with van der Waals surface area (Å²) in [6.07, 6.45) is 3.02. The van der Waals surface area contributed by atoms with E-state index < -0.39 is 0 Å². The highest BCUT2D eigenvalue weighted by atomic mass is 35.5. The highest BCUT2D eigenvalue weighted by Crippen LogP contribution is 2.30. The number of ether oxygens (including phenoxy) is 1. The smallest absolute Gasteiger partial charge is 0.244 e. The Balaban J connectivity index is 1.42. The van der Waals surface area contributed by atoms with E-state index in [1.807, 2.05) is 30.0 Å². The van der Waals surface area contributed by atoms with Crippen molar-refractivity contribution in [2.45, 2.75) is 13.5 Å². The first-order valence-corrected chi connectivity index (χ1v) is 10.9. The van der Waals surface area contributed by atoms with Gasteiger partial charge in [0.25, 0.3) is 0 Å². The second kappa shape index (κ2) is 9.26. The van der Waals surface area contributed by atoms with Gasteiger partial charge in [-0.3, -0.25) is 14.7 Å². The predicted molar refractivity (Wildman–Crippen MR) is 122 cm³/mol. The lowest BCUT2D eigenvalue weighted by molar-refractivity contribution is -0.904. The van der Waals surface area contributed by atoms with Gasteiger partial charge in [-0.15, -0.1) is 0 Å². The van der Waals surface area contributed by atoms with Crippen LogP contribution in [0, 0.1) is 6.92 Å². The summed E-state index contributed by atoms with van der Waals surface area (Å²) in [5.41, 5.74) is 2.92. The number of benzene rings is 1. The third kappa shape index (κ3) is 4.47. The van der Waals surface area contributed by atoms with Crippen molar-refractivity contribution in [1.29, 1.82) is 0 Å². The fourth-order valence-corrected chi connectivity index (χ4v) is 4.19. The molecule has 1 N–H and O–H groups in total. The number of aromatic nitrogens is 3. The largest absolute Gasteiger partial charge is 0.495 e. The molecule has 8 nitrogen and oxygen atoms in total. The Morgan fingerprint density at radius 3 is 2.66 bits per heavy atom. The number of piperazine rings is 1. The first kappa shape index (κ1) is 22.2. The van der Waals surface area contributed by atoms with Crippen LogP contribution >= 0.6 is 23.2 Å². The standard InChI is InChI=1S/C22H24Cl2N5O3/c1-15-21(24)22(16-4-3-7-28(31)13-16)25-29(15)14-20(30)27-10-8-26(9-11-27)17-5-6-18(23)19(12-17)32-2/h3-7,12-13,31H,8-11,14H2,1-2H3/q+1. The lowest BCUT2D eigenvalue weighted by Gasteiger charge is -2.36. The molecule has 168 valence electrons. The number of carbonyl (C=O) groups excluding carboxylic acids is 1. The quantitative estimate of drug-likeness (QED) is 0.452. The van der Waals surface area contributed by atoms with Crippen molar-refractivity contribution < 1.29 is 19.5 Å². The number of nitrogens with zero attached hydrogens (tertiary/aromatic N) is 5. The molecule has 0 saturated carbocycles. The molecule has 1 fully saturated rings. The fourth-order valence-electron chi connectivity index (χ4n) is 3.75. The highest BCUT2D eigenvalue weighted by Gasteiger charge is 2.24. The summed E-state index contributed by atoms with van der Waals surface area (Å²) in [6.45, 7) is 4.56. The van der Waals surface area contributed by atoms with Crippen molar-refractivity contribution >= 4 is 34.8 Å². The Bertz CT molecular complexity index is 1140. The van der Waals surface area contributed by atoms with Crippen LogP contribution in [-0.2, 0) is 11.3 Å². The molecule has 0 atom stereocenters. The summed E-state index contributed by atoms with van der Waals surface area (Å²) < 4.78 is 7.87. The minimum atomic E-state index is -0.0163. The molecule has 4 rings (SSSR count). The van der Waals surface area contributed by atoms with Gasteiger partial charge in [-0.2, -0.15) is 5.10 Å². The van der Waals surface area contributed by atoms with Gasteiger partial charge in [-0.25, -0.2) is 0 Å². The van der Waals surface area contributed by atoms with Crippen LogP contribution in [0.25, 0.3) is 11.3 Å². The van der Waals surface area contributed by atoms with Crippen LogP contribution < -0.4 is 14.4 Å². The molecule has 0 aliphatic carbocycles. The molecule has 2 aromatic heterocycles. The van der Waals surface area contributed by atoms with Crippen LogP contribution in [0.15, 0.2) is 42.7 Å². The van der Waals surface area contributed by atoms with Gasteiger partial charge in [0.1, 0.15) is 18.0 Å². The molecular weight excluding hydrogens is 453 g/mol. The van der Waals surface area contributed by atoms with E-state index in [1.54, 1.807) is 23.9 Å².